The first-order chi connectivity index (χ1) is 6.02. The monoisotopic (exact) mass is 245 g/mol. The highest BCUT2D eigenvalue weighted by Crippen LogP contribution is 2.27. The van der Waals surface area contributed by atoms with E-state index in [1.54, 1.807) is 19.1 Å². The van der Waals surface area contributed by atoms with Gasteiger partial charge < -0.3 is 5.11 Å². The van der Waals surface area contributed by atoms with Crippen LogP contribution in [0.4, 0.5) is 5.69 Å². The largest absolute Gasteiger partial charge is 0.389 e. The van der Waals surface area contributed by atoms with Crippen molar-refractivity contribution < 1.29 is 10.0 Å². The van der Waals surface area contributed by atoms with Crippen molar-refractivity contribution in [1.29, 1.82) is 0 Å². The summed E-state index contributed by atoms with van der Waals surface area (Å²) >= 11 is 3.06. The number of nitrogens with zero attached hydrogens (tertiary/aromatic N) is 1. The summed E-state index contributed by atoms with van der Waals surface area (Å²) in [5.41, 5.74) is 0.508. The van der Waals surface area contributed by atoms with Gasteiger partial charge in [0.2, 0.25) is 0 Å². The highest BCUT2D eigenvalue weighted by molar-refractivity contribution is 9.10. The molecule has 0 heterocycles. The second-order valence-corrected chi connectivity index (χ2v) is 3.50. The van der Waals surface area contributed by atoms with Gasteiger partial charge in [-0.3, -0.25) is 10.1 Å². The number of benzene rings is 1. The van der Waals surface area contributed by atoms with Gasteiger partial charge in [0.15, 0.2) is 0 Å². The Kier molecular flexibility index (Phi) is 3.00. The molecule has 13 heavy (non-hydrogen) atoms. The molecule has 4 nitrogen and oxygen atoms in total. The van der Waals surface area contributed by atoms with Crippen LogP contribution in [0, 0.1) is 10.1 Å². The summed E-state index contributed by atoms with van der Waals surface area (Å²) in [6.45, 7) is 1.56. The maximum Gasteiger partial charge on any atom is 0.283 e. The van der Waals surface area contributed by atoms with E-state index < -0.39 is 11.0 Å². The van der Waals surface area contributed by atoms with Crippen LogP contribution in [0.5, 0.6) is 0 Å². The number of aliphatic hydroxyl groups excluding tert-OH is 1. The topological polar surface area (TPSA) is 63.4 Å². The third kappa shape index (κ3) is 2.26. The zero-order valence-electron chi connectivity index (χ0n) is 6.90. The predicted molar refractivity (Wildman–Crippen MR) is 51.4 cm³/mol. The second-order valence-electron chi connectivity index (χ2n) is 2.64. The molecule has 1 aromatic rings. The molecule has 0 unspecified atom stereocenters. The highest BCUT2D eigenvalue weighted by Gasteiger charge is 2.13. The van der Waals surface area contributed by atoms with E-state index >= 15 is 0 Å². The minimum atomic E-state index is -0.688. The number of hydrogen-bond acceptors (Lipinski definition) is 3. The van der Waals surface area contributed by atoms with Crippen LogP contribution < -0.4 is 0 Å². The lowest BCUT2D eigenvalue weighted by Crippen LogP contribution is -1.95. The molecule has 0 spiro atoms. The van der Waals surface area contributed by atoms with Gasteiger partial charge in [-0.25, -0.2) is 0 Å². The van der Waals surface area contributed by atoms with Gasteiger partial charge in [0.1, 0.15) is 0 Å². The van der Waals surface area contributed by atoms with E-state index in [1.165, 1.54) is 6.07 Å². The molecule has 0 saturated carbocycles. The van der Waals surface area contributed by atoms with Crippen molar-refractivity contribution in [1.82, 2.24) is 0 Å². The molecule has 70 valence electrons. The number of nitro groups is 1. The molecule has 1 N–H and O–H groups in total. The van der Waals surface area contributed by atoms with Crippen LogP contribution in [0.25, 0.3) is 0 Å². The van der Waals surface area contributed by atoms with Crippen molar-refractivity contribution in [2.45, 2.75) is 13.0 Å². The lowest BCUT2D eigenvalue weighted by atomic mass is 10.1. The predicted octanol–water partition coefficient (Wildman–Crippen LogP) is 2.41. The molecule has 0 bridgehead atoms. The molecule has 0 aliphatic heterocycles. The first-order valence-electron chi connectivity index (χ1n) is 3.64. The minimum absolute atomic E-state index is 0.0293. The molecule has 0 aliphatic rings. The van der Waals surface area contributed by atoms with Gasteiger partial charge >= 0.3 is 0 Å². The fourth-order valence-corrected chi connectivity index (χ4v) is 1.32. The van der Waals surface area contributed by atoms with Crippen LogP contribution in [0.15, 0.2) is 22.7 Å². The van der Waals surface area contributed by atoms with E-state index in [9.17, 15) is 15.2 Å². The first kappa shape index (κ1) is 10.1. The van der Waals surface area contributed by atoms with E-state index in [0.717, 1.165) is 0 Å². The van der Waals surface area contributed by atoms with Crippen molar-refractivity contribution >= 4 is 21.6 Å². The van der Waals surface area contributed by atoms with E-state index in [1.807, 2.05) is 0 Å². The van der Waals surface area contributed by atoms with Gasteiger partial charge in [-0.1, -0.05) is 6.07 Å². The fraction of sp³-hybridized carbons (Fsp3) is 0.250. The zero-order chi connectivity index (χ0) is 10.0. The number of halogens is 1. The number of hydrogen-bond donors (Lipinski definition) is 1. The molecule has 0 fully saturated rings. The molecule has 0 amide bonds. The molecule has 1 rings (SSSR count). The molecular formula is C8H8BrNO3. The summed E-state index contributed by atoms with van der Waals surface area (Å²) in [6, 6.07) is 4.55. The molecule has 0 radical (unpaired) electrons. The first-order valence-corrected chi connectivity index (χ1v) is 4.43. The van der Waals surface area contributed by atoms with Crippen LogP contribution in [0.1, 0.15) is 18.6 Å². The van der Waals surface area contributed by atoms with Gasteiger partial charge in [0, 0.05) is 6.07 Å². The van der Waals surface area contributed by atoms with Gasteiger partial charge in [0.05, 0.1) is 15.5 Å². The summed E-state index contributed by atoms with van der Waals surface area (Å²) in [5.74, 6) is 0. The molecule has 1 atom stereocenters. The highest BCUT2D eigenvalue weighted by atomic mass is 79.9. The van der Waals surface area contributed by atoms with E-state index in [0.29, 0.717) is 10.0 Å². The summed E-state index contributed by atoms with van der Waals surface area (Å²) in [5, 5.41) is 19.7. The molecule has 0 aromatic heterocycles. The number of aliphatic hydroxyl groups is 1. The zero-order valence-corrected chi connectivity index (χ0v) is 8.48. The average Bonchev–Trinajstić information content (AvgIpc) is 2.04. The van der Waals surface area contributed by atoms with Crippen LogP contribution in [-0.2, 0) is 0 Å². The Morgan fingerprint density at radius 3 is 2.69 bits per heavy atom. The van der Waals surface area contributed by atoms with E-state index in [4.69, 9.17) is 0 Å². The summed E-state index contributed by atoms with van der Waals surface area (Å²) in [7, 11) is 0. The van der Waals surface area contributed by atoms with Crippen molar-refractivity contribution in [2.24, 2.45) is 0 Å². The summed E-state index contributed by atoms with van der Waals surface area (Å²) in [4.78, 5) is 10.0. The fourth-order valence-electron chi connectivity index (χ4n) is 0.929. The smallest absolute Gasteiger partial charge is 0.283 e. The lowest BCUT2D eigenvalue weighted by molar-refractivity contribution is -0.385. The Bertz CT molecular complexity index is 338. The Balaban J connectivity index is 3.19. The SMILES string of the molecule is C[C@@H](O)c1ccc(Br)c([N+](=O)[O-])c1. The molecule has 1 aromatic carbocycles. The van der Waals surface area contributed by atoms with Crippen LogP contribution in [-0.4, -0.2) is 10.0 Å². The van der Waals surface area contributed by atoms with Crippen LogP contribution >= 0.6 is 15.9 Å². The van der Waals surface area contributed by atoms with Gasteiger partial charge in [0.25, 0.3) is 5.69 Å². The van der Waals surface area contributed by atoms with Crippen molar-refractivity contribution in [3.05, 3.63) is 38.3 Å². The third-order valence-corrected chi connectivity index (χ3v) is 2.32. The number of nitro benzene ring substituents is 1. The van der Waals surface area contributed by atoms with E-state index in [-0.39, 0.29) is 5.69 Å². The number of rotatable bonds is 2. The van der Waals surface area contributed by atoms with Crippen molar-refractivity contribution in [3.63, 3.8) is 0 Å². The van der Waals surface area contributed by atoms with Gasteiger partial charge in [-0.2, -0.15) is 0 Å². The molecule has 0 saturated heterocycles. The van der Waals surface area contributed by atoms with Crippen molar-refractivity contribution in [3.8, 4) is 0 Å². The Morgan fingerprint density at radius 1 is 1.62 bits per heavy atom. The lowest BCUT2D eigenvalue weighted by Gasteiger charge is -2.04. The van der Waals surface area contributed by atoms with Gasteiger partial charge in [-0.05, 0) is 34.5 Å². The van der Waals surface area contributed by atoms with Crippen molar-refractivity contribution in [2.75, 3.05) is 0 Å². The summed E-state index contributed by atoms with van der Waals surface area (Å²) in [6.07, 6.45) is -0.688. The summed E-state index contributed by atoms with van der Waals surface area (Å²) < 4.78 is 0.418. The van der Waals surface area contributed by atoms with Crippen LogP contribution in [0.2, 0.25) is 0 Å². The molecular weight excluding hydrogens is 238 g/mol. The standard InChI is InChI=1S/C8H8BrNO3/c1-5(11)6-2-3-7(9)8(4-6)10(12)13/h2-5,11H,1H3/t5-/m1/s1. The molecule has 0 aliphatic carbocycles. The van der Waals surface area contributed by atoms with E-state index in [2.05, 4.69) is 15.9 Å². The Hall–Kier alpha value is -0.940. The maximum absolute atomic E-state index is 10.5. The average molecular weight is 246 g/mol. The minimum Gasteiger partial charge on any atom is -0.389 e. The normalized spacial score (nSPS) is 12.5. The van der Waals surface area contributed by atoms with Gasteiger partial charge in [-0.15, -0.1) is 0 Å². The Morgan fingerprint density at radius 2 is 2.23 bits per heavy atom. The molecule has 5 heteroatoms. The van der Waals surface area contributed by atoms with Crippen LogP contribution in [0.3, 0.4) is 0 Å². The Labute approximate surface area is 83.5 Å². The quantitative estimate of drug-likeness (QED) is 0.643. The maximum atomic E-state index is 10.5. The second kappa shape index (κ2) is 3.85. The third-order valence-electron chi connectivity index (χ3n) is 1.65.